The Morgan fingerprint density at radius 2 is 1.54 bits per heavy atom. The lowest BCUT2D eigenvalue weighted by Crippen LogP contribution is -1.98. The molecule has 3 N–H and O–H groups in total. The van der Waals surface area contributed by atoms with Gasteiger partial charge in [-0.05, 0) is 13.3 Å². The summed E-state index contributed by atoms with van der Waals surface area (Å²) in [4.78, 5) is 15.6. The molecule has 0 atom stereocenters. The molecule has 0 radical (unpaired) electrons. The van der Waals surface area contributed by atoms with E-state index in [2.05, 4.69) is 37.8 Å². The van der Waals surface area contributed by atoms with E-state index in [-0.39, 0.29) is 0 Å². The molecule has 3 heterocycles. The highest BCUT2D eigenvalue weighted by atomic mass is 32.1. The van der Waals surface area contributed by atoms with E-state index in [0.717, 1.165) is 47.1 Å². The summed E-state index contributed by atoms with van der Waals surface area (Å²) in [6.45, 7) is 6.60. The molecule has 0 aliphatic carbocycles. The molecule has 3 rings (SSSR count). The van der Waals surface area contributed by atoms with E-state index in [9.17, 15) is 0 Å². The number of hydrogen-bond acceptors (Lipinski definition) is 9. The van der Waals surface area contributed by atoms with E-state index < -0.39 is 0 Å². The molecular formula is C15H20N6S3. The molecule has 0 bridgehead atoms. The van der Waals surface area contributed by atoms with Gasteiger partial charge < -0.3 is 16.0 Å². The molecule has 0 saturated heterocycles. The minimum Gasteiger partial charge on any atom is -0.362 e. The maximum atomic E-state index is 4.42. The van der Waals surface area contributed by atoms with Crippen LogP contribution < -0.4 is 16.0 Å². The Bertz CT molecular complexity index is 763. The van der Waals surface area contributed by atoms with Crippen LogP contribution in [0.3, 0.4) is 0 Å². The van der Waals surface area contributed by atoms with Crippen molar-refractivity contribution in [2.24, 2.45) is 0 Å². The molecule has 0 aromatic carbocycles. The average molecular weight is 381 g/mol. The highest BCUT2D eigenvalue weighted by molar-refractivity contribution is 7.16. The molecule has 0 fully saturated rings. The maximum Gasteiger partial charge on any atom is 0.183 e. The molecule has 24 heavy (non-hydrogen) atoms. The van der Waals surface area contributed by atoms with Gasteiger partial charge in [0.25, 0.3) is 0 Å². The summed E-state index contributed by atoms with van der Waals surface area (Å²) in [5.74, 6) is 0. The van der Waals surface area contributed by atoms with Crippen molar-refractivity contribution in [3.8, 4) is 0 Å². The molecule has 0 amide bonds. The lowest BCUT2D eigenvalue weighted by Gasteiger charge is -2.00. The SMILES string of the molecule is CCCNc1ncc(CNc2ncc(CNc3nc(C)cs3)s2)s1. The zero-order chi connectivity index (χ0) is 16.8. The largest absolute Gasteiger partial charge is 0.362 e. The summed E-state index contributed by atoms with van der Waals surface area (Å²) < 4.78 is 0. The van der Waals surface area contributed by atoms with Gasteiger partial charge in [0.05, 0.1) is 18.8 Å². The van der Waals surface area contributed by atoms with Crippen molar-refractivity contribution in [3.05, 3.63) is 33.2 Å². The Hall–Kier alpha value is -1.71. The van der Waals surface area contributed by atoms with Gasteiger partial charge in [0.15, 0.2) is 15.4 Å². The highest BCUT2D eigenvalue weighted by Crippen LogP contribution is 2.23. The van der Waals surface area contributed by atoms with Gasteiger partial charge in [0.2, 0.25) is 0 Å². The van der Waals surface area contributed by atoms with E-state index in [0.29, 0.717) is 0 Å². The van der Waals surface area contributed by atoms with Crippen LogP contribution in [-0.4, -0.2) is 21.5 Å². The van der Waals surface area contributed by atoms with E-state index in [1.54, 1.807) is 34.0 Å². The first kappa shape index (κ1) is 17.1. The number of aromatic nitrogens is 3. The van der Waals surface area contributed by atoms with Crippen LogP contribution in [0.2, 0.25) is 0 Å². The zero-order valence-electron chi connectivity index (χ0n) is 13.6. The first-order valence-electron chi connectivity index (χ1n) is 7.76. The first-order chi connectivity index (χ1) is 11.7. The van der Waals surface area contributed by atoms with Gasteiger partial charge in [-0.1, -0.05) is 6.92 Å². The monoisotopic (exact) mass is 380 g/mol. The minimum absolute atomic E-state index is 0.748. The summed E-state index contributed by atoms with van der Waals surface area (Å²) in [6, 6.07) is 0. The van der Waals surface area contributed by atoms with Crippen molar-refractivity contribution < 1.29 is 0 Å². The van der Waals surface area contributed by atoms with Gasteiger partial charge in [-0.2, -0.15) is 0 Å². The third-order valence-corrected chi connectivity index (χ3v) is 5.91. The summed E-state index contributed by atoms with van der Waals surface area (Å²) >= 11 is 4.97. The second kappa shape index (κ2) is 8.41. The lowest BCUT2D eigenvalue weighted by molar-refractivity contribution is 0.976. The molecule has 0 aliphatic rings. The van der Waals surface area contributed by atoms with Gasteiger partial charge in [0, 0.05) is 34.1 Å². The van der Waals surface area contributed by atoms with Crippen molar-refractivity contribution in [3.63, 3.8) is 0 Å². The third-order valence-electron chi connectivity index (χ3n) is 3.08. The average Bonchev–Trinajstić information content (AvgIpc) is 3.30. The van der Waals surface area contributed by atoms with Crippen LogP contribution >= 0.6 is 34.0 Å². The van der Waals surface area contributed by atoms with Crippen LogP contribution in [-0.2, 0) is 13.1 Å². The van der Waals surface area contributed by atoms with E-state index in [1.165, 1.54) is 9.75 Å². The van der Waals surface area contributed by atoms with E-state index >= 15 is 0 Å². The molecule has 3 aromatic heterocycles. The number of hydrogen-bond donors (Lipinski definition) is 3. The fourth-order valence-corrected chi connectivity index (χ4v) is 4.15. The number of thiazole rings is 3. The molecule has 128 valence electrons. The Morgan fingerprint density at radius 3 is 2.12 bits per heavy atom. The number of nitrogens with zero attached hydrogens (tertiary/aromatic N) is 3. The van der Waals surface area contributed by atoms with Crippen LogP contribution in [0.15, 0.2) is 17.8 Å². The summed E-state index contributed by atoms with van der Waals surface area (Å²) in [5, 5.41) is 14.9. The maximum absolute atomic E-state index is 4.42. The molecule has 0 aliphatic heterocycles. The predicted molar refractivity (Wildman–Crippen MR) is 105 cm³/mol. The van der Waals surface area contributed by atoms with Gasteiger partial charge >= 0.3 is 0 Å². The highest BCUT2D eigenvalue weighted by Gasteiger charge is 2.05. The molecule has 0 saturated carbocycles. The molecule has 0 unspecified atom stereocenters. The van der Waals surface area contributed by atoms with Gasteiger partial charge in [-0.15, -0.1) is 34.0 Å². The first-order valence-corrected chi connectivity index (χ1v) is 10.3. The zero-order valence-corrected chi connectivity index (χ0v) is 16.1. The Kier molecular flexibility index (Phi) is 6.00. The van der Waals surface area contributed by atoms with Gasteiger partial charge in [-0.25, -0.2) is 15.0 Å². The van der Waals surface area contributed by atoms with Crippen LogP contribution in [0.1, 0.15) is 28.8 Å². The minimum atomic E-state index is 0.748. The second-order valence-electron chi connectivity index (χ2n) is 5.19. The Balaban J connectivity index is 1.46. The standard InChI is InChI=1S/C15H20N6S3/c1-3-4-16-13-17-5-11(23-13)6-18-14-19-7-12(24-14)8-20-15-21-10(2)9-22-15/h5,7,9H,3-4,6,8H2,1-2H3,(H,16,17)(H,18,19)(H,20,21). The number of anilines is 3. The molecular weight excluding hydrogens is 360 g/mol. The van der Waals surface area contributed by atoms with Crippen molar-refractivity contribution >= 4 is 49.4 Å². The van der Waals surface area contributed by atoms with Gasteiger partial charge in [-0.3, -0.25) is 0 Å². The van der Waals surface area contributed by atoms with Gasteiger partial charge in [0.1, 0.15) is 0 Å². The van der Waals surface area contributed by atoms with Crippen LogP contribution in [0.4, 0.5) is 15.4 Å². The summed E-state index contributed by atoms with van der Waals surface area (Å²) in [5.41, 5.74) is 1.05. The van der Waals surface area contributed by atoms with Crippen molar-refractivity contribution in [1.29, 1.82) is 0 Å². The van der Waals surface area contributed by atoms with Crippen molar-refractivity contribution in [2.75, 3.05) is 22.5 Å². The number of rotatable bonds is 9. The Morgan fingerprint density at radius 1 is 0.917 bits per heavy atom. The fourth-order valence-electron chi connectivity index (χ4n) is 1.93. The lowest BCUT2D eigenvalue weighted by atomic mass is 10.5. The van der Waals surface area contributed by atoms with Crippen LogP contribution in [0, 0.1) is 6.92 Å². The smallest absolute Gasteiger partial charge is 0.183 e. The van der Waals surface area contributed by atoms with Crippen molar-refractivity contribution in [1.82, 2.24) is 15.0 Å². The van der Waals surface area contributed by atoms with E-state index in [4.69, 9.17) is 0 Å². The third kappa shape index (κ3) is 4.89. The van der Waals surface area contributed by atoms with E-state index in [1.807, 2.05) is 24.7 Å². The predicted octanol–water partition coefficient (Wildman–Crippen LogP) is 4.41. The van der Waals surface area contributed by atoms with Crippen LogP contribution in [0.5, 0.6) is 0 Å². The summed E-state index contributed by atoms with van der Waals surface area (Å²) in [6.07, 6.45) is 4.92. The quantitative estimate of drug-likeness (QED) is 0.510. The molecule has 3 aromatic rings. The molecule has 6 nitrogen and oxygen atoms in total. The van der Waals surface area contributed by atoms with Crippen molar-refractivity contribution in [2.45, 2.75) is 33.4 Å². The fraction of sp³-hybridized carbons (Fsp3) is 0.400. The van der Waals surface area contributed by atoms with Crippen LogP contribution in [0.25, 0.3) is 0 Å². The molecule has 0 spiro atoms. The topological polar surface area (TPSA) is 74.8 Å². The number of nitrogens with one attached hydrogen (secondary N) is 3. The Labute approximate surface area is 153 Å². The second-order valence-corrected chi connectivity index (χ2v) is 8.28. The normalized spacial score (nSPS) is 10.8. The molecule has 9 heteroatoms. The number of aryl methyl sites for hydroxylation is 1. The summed E-state index contributed by atoms with van der Waals surface area (Å²) in [7, 11) is 0.